The minimum Gasteiger partial charge on any atom is -0.370 e. The van der Waals surface area contributed by atoms with Gasteiger partial charge in [-0.2, -0.15) is 10.4 Å². The van der Waals surface area contributed by atoms with Crippen molar-refractivity contribution in [2.45, 2.75) is 19.4 Å². The average Bonchev–Trinajstić information content (AvgIpc) is 3.00. The van der Waals surface area contributed by atoms with Crippen LogP contribution >= 0.6 is 15.9 Å². The second-order valence-corrected chi connectivity index (χ2v) is 6.26. The summed E-state index contributed by atoms with van der Waals surface area (Å²) in [5.41, 5.74) is 1.76. The number of benzene rings is 1. The molecule has 1 saturated heterocycles. The van der Waals surface area contributed by atoms with Crippen LogP contribution in [-0.2, 0) is 6.54 Å². The molecule has 0 spiro atoms. The van der Waals surface area contributed by atoms with Crippen LogP contribution in [0, 0.1) is 17.2 Å². The maximum atomic E-state index is 9.33. The molecule has 1 aliphatic heterocycles. The molecule has 0 bridgehead atoms. The summed E-state index contributed by atoms with van der Waals surface area (Å²) < 4.78 is 2.83. The van der Waals surface area contributed by atoms with Crippen molar-refractivity contribution >= 4 is 21.6 Å². The number of nitriles is 1. The molecule has 6 heteroatoms. The molecule has 0 saturated carbocycles. The van der Waals surface area contributed by atoms with E-state index in [-0.39, 0.29) is 0 Å². The average molecular weight is 346 g/mol. The van der Waals surface area contributed by atoms with Crippen molar-refractivity contribution in [2.24, 2.45) is 5.92 Å². The minimum atomic E-state index is 0.538. The highest BCUT2D eigenvalue weighted by Gasteiger charge is 2.22. The number of nitrogens with zero attached hydrogens (tertiary/aromatic N) is 5. The summed E-state index contributed by atoms with van der Waals surface area (Å²) in [6.45, 7) is 2.84. The van der Waals surface area contributed by atoms with Gasteiger partial charge >= 0.3 is 0 Å². The quantitative estimate of drug-likeness (QED) is 0.858. The normalized spacial score (nSPS) is 18.5. The van der Waals surface area contributed by atoms with Crippen LogP contribution < -0.4 is 4.90 Å². The molecule has 5 nitrogen and oxygen atoms in total. The lowest BCUT2D eigenvalue weighted by Gasteiger charge is -2.34. The summed E-state index contributed by atoms with van der Waals surface area (Å²) in [7, 11) is 0. The summed E-state index contributed by atoms with van der Waals surface area (Å²) in [6.07, 6.45) is 5.66. The number of anilines is 1. The first kappa shape index (κ1) is 14.1. The summed E-state index contributed by atoms with van der Waals surface area (Å²) >= 11 is 3.42. The van der Waals surface area contributed by atoms with E-state index in [1.54, 1.807) is 12.7 Å². The number of hydrogen-bond donors (Lipinski definition) is 0. The molecule has 108 valence electrons. The van der Waals surface area contributed by atoms with E-state index in [2.05, 4.69) is 37.0 Å². The van der Waals surface area contributed by atoms with Crippen molar-refractivity contribution in [2.75, 3.05) is 18.0 Å². The van der Waals surface area contributed by atoms with Crippen LogP contribution in [0.2, 0.25) is 0 Å². The number of aromatic nitrogens is 3. The SMILES string of the molecule is N#Cc1cc(Br)ccc1N1CCC[C@@H](Cn2cncn2)C1. The molecular weight excluding hydrogens is 330 g/mol. The van der Waals surface area contributed by atoms with Gasteiger partial charge in [-0.05, 0) is 37.0 Å². The van der Waals surface area contributed by atoms with Crippen molar-refractivity contribution in [3.8, 4) is 6.07 Å². The smallest absolute Gasteiger partial charge is 0.137 e. The van der Waals surface area contributed by atoms with E-state index in [4.69, 9.17) is 0 Å². The first-order valence-electron chi connectivity index (χ1n) is 7.03. The largest absolute Gasteiger partial charge is 0.370 e. The van der Waals surface area contributed by atoms with Gasteiger partial charge in [0.1, 0.15) is 18.7 Å². The molecular formula is C15H16BrN5. The van der Waals surface area contributed by atoms with E-state index >= 15 is 0 Å². The zero-order valence-corrected chi connectivity index (χ0v) is 13.2. The van der Waals surface area contributed by atoms with Crippen LogP contribution in [-0.4, -0.2) is 27.9 Å². The van der Waals surface area contributed by atoms with Crippen LogP contribution in [0.25, 0.3) is 0 Å². The van der Waals surface area contributed by atoms with Gasteiger partial charge in [0.2, 0.25) is 0 Å². The van der Waals surface area contributed by atoms with Gasteiger partial charge in [-0.3, -0.25) is 4.68 Å². The van der Waals surface area contributed by atoms with E-state index in [9.17, 15) is 5.26 Å². The van der Waals surface area contributed by atoms with Gasteiger partial charge in [-0.15, -0.1) is 0 Å². The maximum Gasteiger partial charge on any atom is 0.137 e. The van der Waals surface area contributed by atoms with Crippen LogP contribution in [0.1, 0.15) is 18.4 Å². The number of piperidine rings is 1. The van der Waals surface area contributed by atoms with E-state index < -0.39 is 0 Å². The van der Waals surface area contributed by atoms with Gasteiger partial charge in [0.25, 0.3) is 0 Å². The third kappa shape index (κ3) is 3.24. The predicted molar refractivity (Wildman–Crippen MR) is 83.8 cm³/mol. The summed E-state index contributed by atoms with van der Waals surface area (Å²) in [5, 5.41) is 13.5. The fourth-order valence-electron chi connectivity index (χ4n) is 2.90. The Hall–Kier alpha value is -1.87. The number of hydrogen-bond acceptors (Lipinski definition) is 4. The minimum absolute atomic E-state index is 0.538. The molecule has 3 rings (SSSR count). The van der Waals surface area contributed by atoms with Crippen molar-refractivity contribution in [1.82, 2.24) is 14.8 Å². The van der Waals surface area contributed by atoms with Crippen molar-refractivity contribution in [3.63, 3.8) is 0 Å². The second-order valence-electron chi connectivity index (χ2n) is 5.35. The second kappa shape index (κ2) is 6.27. The van der Waals surface area contributed by atoms with Gasteiger partial charge in [0.15, 0.2) is 0 Å². The Morgan fingerprint density at radius 2 is 2.33 bits per heavy atom. The Balaban J connectivity index is 1.75. The highest BCUT2D eigenvalue weighted by Crippen LogP contribution is 2.28. The standard InChI is InChI=1S/C15H16BrN5/c16-14-3-4-15(13(6-14)7-17)20-5-1-2-12(8-20)9-21-11-18-10-19-21/h3-4,6,10-12H,1-2,5,8-9H2/t12-/m1/s1. The van der Waals surface area contributed by atoms with Crippen molar-refractivity contribution in [3.05, 3.63) is 40.9 Å². The molecule has 0 unspecified atom stereocenters. The van der Waals surface area contributed by atoms with Gasteiger partial charge in [-0.25, -0.2) is 4.98 Å². The fourth-order valence-corrected chi connectivity index (χ4v) is 3.26. The monoisotopic (exact) mass is 345 g/mol. The van der Waals surface area contributed by atoms with Crippen LogP contribution in [0.3, 0.4) is 0 Å². The molecule has 1 atom stereocenters. The van der Waals surface area contributed by atoms with Gasteiger partial charge in [-0.1, -0.05) is 15.9 Å². The molecule has 1 aromatic carbocycles. The Kier molecular flexibility index (Phi) is 4.20. The van der Waals surface area contributed by atoms with E-state index in [0.717, 1.165) is 41.8 Å². The predicted octanol–water partition coefficient (Wildman–Crippen LogP) is 2.83. The van der Waals surface area contributed by atoms with Crippen LogP contribution in [0.15, 0.2) is 35.3 Å². The Labute approximate surface area is 132 Å². The van der Waals surface area contributed by atoms with Gasteiger partial charge in [0.05, 0.1) is 11.3 Å². The highest BCUT2D eigenvalue weighted by molar-refractivity contribution is 9.10. The molecule has 21 heavy (non-hydrogen) atoms. The third-order valence-electron chi connectivity index (χ3n) is 3.85. The Bertz CT molecular complexity index is 647. The highest BCUT2D eigenvalue weighted by atomic mass is 79.9. The molecule has 1 aromatic heterocycles. The molecule has 2 heterocycles. The Morgan fingerprint density at radius 3 is 3.10 bits per heavy atom. The van der Waals surface area contributed by atoms with E-state index in [1.807, 2.05) is 22.9 Å². The zero-order chi connectivity index (χ0) is 14.7. The first-order valence-corrected chi connectivity index (χ1v) is 7.82. The molecule has 0 amide bonds. The van der Waals surface area contributed by atoms with Crippen LogP contribution in [0.5, 0.6) is 0 Å². The van der Waals surface area contributed by atoms with Gasteiger partial charge in [0, 0.05) is 24.1 Å². The molecule has 0 aliphatic carbocycles. The molecule has 1 fully saturated rings. The summed E-state index contributed by atoms with van der Waals surface area (Å²) in [5.74, 6) is 0.538. The first-order chi connectivity index (χ1) is 10.3. The lowest BCUT2D eigenvalue weighted by Crippen LogP contribution is -2.37. The fraction of sp³-hybridized carbons (Fsp3) is 0.400. The Morgan fingerprint density at radius 1 is 1.43 bits per heavy atom. The van der Waals surface area contributed by atoms with Crippen molar-refractivity contribution < 1.29 is 0 Å². The molecule has 0 N–H and O–H groups in total. The zero-order valence-electron chi connectivity index (χ0n) is 11.6. The molecule has 2 aromatic rings. The topological polar surface area (TPSA) is 57.7 Å². The summed E-state index contributed by atoms with van der Waals surface area (Å²) in [6, 6.07) is 8.21. The van der Waals surface area contributed by atoms with Gasteiger partial charge < -0.3 is 4.90 Å². The lowest BCUT2D eigenvalue weighted by molar-refractivity contribution is 0.351. The van der Waals surface area contributed by atoms with Crippen LogP contribution in [0.4, 0.5) is 5.69 Å². The molecule has 1 aliphatic rings. The number of rotatable bonds is 3. The van der Waals surface area contributed by atoms with Crippen molar-refractivity contribution in [1.29, 1.82) is 5.26 Å². The lowest BCUT2D eigenvalue weighted by atomic mass is 9.97. The number of halogens is 1. The van der Waals surface area contributed by atoms with E-state index in [0.29, 0.717) is 5.92 Å². The molecule has 0 radical (unpaired) electrons. The third-order valence-corrected chi connectivity index (χ3v) is 4.34. The summed E-state index contributed by atoms with van der Waals surface area (Å²) in [4.78, 5) is 6.31. The van der Waals surface area contributed by atoms with E-state index in [1.165, 1.54) is 6.42 Å². The maximum absolute atomic E-state index is 9.33.